The van der Waals surface area contributed by atoms with Crippen LogP contribution in [0, 0.1) is 0 Å². The van der Waals surface area contributed by atoms with Crippen LogP contribution in [0.15, 0.2) is 48.7 Å². The maximum Gasteiger partial charge on any atom is 0.255 e. The average Bonchev–Trinajstić information content (AvgIpc) is 3.16. The molecule has 1 aliphatic rings. The summed E-state index contributed by atoms with van der Waals surface area (Å²) in [5, 5.41) is 3.25. The summed E-state index contributed by atoms with van der Waals surface area (Å²) in [5.74, 6) is 0.729. The fourth-order valence-corrected chi connectivity index (χ4v) is 3.10. The lowest BCUT2D eigenvalue weighted by Crippen LogP contribution is -2.38. The SMILES string of the molecule is CC(=O)N(C)[C@H]1CCN(C(=O)c2ccc(NCc3ccccc3)nc2)C1. The van der Waals surface area contributed by atoms with E-state index in [9.17, 15) is 9.59 Å². The Morgan fingerprint density at radius 1 is 1.23 bits per heavy atom. The third-order valence-electron chi connectivity index (χ3n) is 4.82. The Morgan fingerprint density at radius 3 is 2.65 bits per heavy atom. The van der Waals surface area contributed by atoms with Crippen LogP contribution in [-0.4, -0.2) is 52.8 Å². The van der Waals surface area contributed by atoms with Gasteiger partial charge in [-0.3, -0.25) is 9.59 Å². The molecule has 1 fully saturated rings. The second-order valence-corrected chi connectivity index (χ2v) is 6.59. The van der Waals surface area contributed by atoms with Crippen molar-refractivity contribution in [3.8, 4) is 0 Å². The van der Waals surface area contributed by atoms with Crippen LogP contribution in [0.3, 0.4) is 0 Å². The fraction of sp³-hybridized carbons (Fsp3) is 0.350. The minimum absolute atomic E-state index is 0.0276. The number of carbonyl (C=O) groups excluding carboxylic acids is 2. The number of carbonyl (C=O) groups is 2. The number of likely N-dealkylation sites (N-methyl/N-ethyl adjacent to an activating group) is 1. The summed E-state index contributed by atoms with van der Waals surface area (Å²) in [7, 11) is 1.79. The molecule has 1 atom stereocenters. The van der Waals surface area contributed by atoms with Gasteiger partial charge >= 0.3 is 0 Å². The molecule has 0 unspecified atom stereocenters. The van der Waals surface area contributed by atoms with Gasteiger partial charge in [-0.15, -0.1) is 0 Å². The average molecular weight is 352 g/mol. The van der Waals surface area contributed by atoms with Crippen LogP contribution in [0.5, 0.6) is 0 Å². The highest BCUT2D eigenvalue weighted by Gasteiger charge is 2.30. The zero-order chi connectivity index (χ0) is 18.5. The number of nitrogens with one attached hydrogen (secondary N) is 1. The van der Waals surface area contributed by atoms with Gasteiger partial charge in [0, 0.05) is 39.8 Å². The Labute approximate surface area is 153 Å². The standard InChI is InChI=1S/C20H24N4O2/c1-15(25)23(2)18-10-11-24(14-18)20(26)17-8-9-19(22-13-17)21-12-16-6-4-3-5-7-16/h3-9,13,18H,10-12,14H2,1-2H3,(H,21,22)/t18-/m0/s1. The maximum absolute atomic E-state index is 12.6. The van der Waals surface area contributed by atoms with Crippen molar-refractivity contribution in [3.63, 3.8) is 0 Å². The third-order valence-corrected chi connectivity index (χ3v) is 4.82. The van der Waals surface area contributed by atoms with Gasteiger partial charge in [0.2, 0.25) is 5.91 Å². The molecule has 1 saturated heterocycles. The first-order valence-electron chi connectivity index (χ1n) is 8.81. The Balaban J connectivity index is 1.56. The molecule has 0 saturated carbocycles. The molecule has 26 heavy (non-hydrogen) atoms. The quantitative estimate of drug-likeness (QED) is 0.897. The van der Waals surface area contributed by atoms with Gasteiger partial charge in [0.15, 0.2) is 0 Å². The highest BCUT2D eigenvalue weighted by Crippen LogP contribution is 2.18. The van der Waals surface area contributed by atoms with E-state index in [1.54, 1.807) is 36.0 Å². The predicted molar refractivity (Wildman–Crippen MR) is 101 cm³/mol. The van der Waals surface area contributed by atoms with Gasteiger partial charge in [0.05, 0.1) is 11.6 Å². The monoisotopic (exact) mass is 352 g/mol. The van der Waals surface area contributed by atoms with Crippen LogP contribution in [0.1, 0.15) is 29.3 Å². The van der Waals surface area contributed by atoms with Gasteiger partial charge in [-0.25, -0.2) is 4.98 Å². The number of anilines is 1. The van der Waals surface area contributed by atoms with E-state index in [1.165, 1.54) is 5.56 Å². The molecule has 0 spiro atoms. The van der Waals surface area contributed by atoms with E-state index in [4.69, 9.17) is 0 Å². The third kappa shape index (κ3) is 4.20. The van der Waals surface area contributed by atoms with Crippen LogP contribution >= 0.6 is 0 Å². The van der Waals surface area contributed by atoms with E-state index in [0.29, 0.717) is 25.2 Å². The Kier molecular flexibility index (Phi) is 5.51. The smallest absolute Gasteiger partial charge is 0.255 e. The van der Waals surface area contributed by atoms with E-state index in [-0.39, 0.29) is 17.9 Å². The number of amides is 2. The predicted octanol–water partition coefficient (Wildman–Crippen LogP) is 2.39. The van der Waals surface area contributed by atoms with Crippen LogP contribution in [-0.2, 0) is 11.3 Å². The lowest BCUT2D eigenvalue weighted by Gasteiger charge is -2.23. The molecule has 1 aromatic carbocycles. The van der Waals surface area contributed by atoms with Crippen molar-refractivity contribution in [2.24, 2.45) is 0 Å². The molecule has 6 heteroatoms. The van der Waals surface area contributed by atoms with Gasteiger partial charge in [0.25, 0.3) is 5.91 Å². The molecule has 2 amide bonds. The van der Waals surface area contributed by atoms with Gasteiger partial charge < -0.3 is 15.1 Å². The number of hydrogen-bond donors (Lipinski definition) is 1. The number of pyridine rings is 1. The number of nitrogens with zero attached hydrogens (tertiary/aromatic N) is 3. The van der Waals surface area contributed by atoms with Crippen LogP contribution in [0.25, 0.3) is 0 Å². The van der Waals surface area contributed by atoms with Gasteiger partial charge in [-0.2, -0.15) is 0 Å². The Morgan fingerprint density at radius 2 is 2.00 bits per heavy atom. The van der Waals surface area contributed by atoms with Crippen molar-refractivity contribution >= 4 is 17.6 Å². The van der Waals surface area contributed by atoms with Gasteiger partial charge in [-0.1, -0.05) is 30.3 Å². The summed E-state index contributed by atoms with van der Waals surface area (Å²) in [5.41, 5.74) is 1.74. The molecule has 0 aliphatic carbocycles. The van der Waals surface area contributed by atoms with Crippen molar-refractivity contribution in [1.82, 2.24) is 14.8 Å². The Bertz CT molecular complexity index is 761. The van der Waals surface area contributed by atoms with Crippen LogP contribution < -0.4 is 5.32 Å². The summed E-state index contributed by atoms with van der Waals surface area (Å²) in [6.45, 7) is 3.47. The molecular weight excluding hydrogens is 328 g/mol. The van der Waals surface area contributed by atoms with E-state index < -0.39 is 0 Å². The molecule has 1 aromatic heterocycles. The summed E-state index contributed by atoms with van der Waals surface area (Å²) in [6.07, 6.45) is 2.42. The van der Waals surface area contributed by atoms with Crippen molar-refractivity contribution < 1.29 is 9.59 Å². The summed E-state index contributed by atoms with van der Waals surface area (Å²) in [6, 6.07) is 13.8. The first kappa shape index (κ1) is 17.9. The highest BCUT2D eigenvalue weighted by molar-refractivity contribution is 5.94. The molecule has 1 aliphatic heterocycles. The lowest BCUT2D eigenvalue weighted by molar-refractivity contribution is -0.129. The lowest BCUT2D eigenvalue weighted by atomic mass is 10.2. The van der Waals surface area contributed by atoms with E-state index in [2.05, 4.69) is 10.3 Å². The zero-order valence-corrected chi connectivity index (χ0v) is 15.2. The zero-order valence-electron chi connectivity index (χ0n) is 15.2. The number of benzene rings is 1. The molecule has 2 aromatic rings. The second kappa shape index (κ2) is 7.99. The molecule has 1 N–H and O–H groups in total. The number of aromatic nitrogens is 1. The minimum Gasteiger partial charge on any atom is -0.366 e. The van der Waals surface area contributed by atoms with Gasteiger partial charge in [-0.05, 0) is 24.1 Å². The van der Waals surface area contributed by atoms with Gasteiger partial charge in [0.1, 0.15) is 5.82 Å². The summed E-state index contributed by atoms with van der Waals surface area (Å²) >= 11 is 0. The van der Waals surface area contributed by atoms with Crippen LogP contribution in [0.4, 0.5) is 5.82 Å². The highest BCUT2D eigenvalue weighted by atomic mass is 16.2. The molecule has 136 valence electrons. The van der Waals surface area contributed by atoms with Crippen molar-refractivity contribution in [2.45, 2.75) is 25.9 Å². The largest absolute Gasteiger partial charge is 0.366 e. The summed E-state index contributed by atoms with van der Waals surface area (Å²) in [4.78, 5) is 32.0. The topological polar surface area (TPSA) is 65.5 Å². The van der Waals surface area contributed by atoms with E-state index >= 15 is 0 Å². The van der Waals surface area contributed by atoms with Crippen molar-refractivity contribution in [2.75, 3.05) is 25.5 Å². The number of hydrogen-bond acceptors (Lipinski definition) is 4. The first-order chi connectivity index (χ1) is 12.5. The molecule has 3 rings (SSSR count). The maximum atomic E-state index is 12.6. The molecule has 0 radical (unpaired) electrons. The van der Waals surface area contributed by atoms with E-state index in [1.807, 2.05) is 36.4 Å². The normalized spacial score (nSPS) is 16.4. The minimum atomic E-state index is -0.0356. The molecule has 6 nitrogen and oxygen atoms in total. The molecular formula is C20H24N4O2. The van der Waals surface area contributed by atoms with Crippen molar-refractivity contribution in [1.29, 1.82) is 0 Å². The second-order valence-electron chi connectivity index (χ2n) is 6.59. The number of rotatable bonds is 5. The van der Waals surface area contributed by atoms with E-state index in [0.717, 1.165) is 12.2 Å². The number of likely N-dealkylation sites (tertiary alicyclic amines) is 1. The fourth-order valence-electron chi connectivity index (χ4n) is 3.10. The van der Waals surface area contributed by atoms with Crippen molar-refractivity contribution in [3.05, 3.63) is 59.8 Å². The molecule has 0 bridgehead atoms. The van der Waals surface area contributed by atoms with Crippen LogP contribution in [0.2, 0.25) is 0 Å². The Hall–Kier alpha value is -2.89. The first-order valence-corrected chi connectivity index (χ1v) is 8.81. The molecule has 2 heterocycles. The summed E-state index contributed by atoms with van der Waals surface area (Å²) < 4.78 is 0.